The molecule has 1 aliphatic carbocycles. The van der Waals surface area contributed by atoms with Crippen LogP contribution in [0.3, 0.4) is 0 Å². The fourth-order valence-corrected chi connectivity index (χ4v) is 5.42. The van der Waals surface area contributed by atoms with Gasteiger partial charge in [-0.25, -0.2) is 0 Å². The molecule has 1 nitrogen and oxygen atoms in total. The minimum Gasteiger partial charge on any atom is -0.459 e. The third-order valence-electron chi connectivity index (χ3n) is 2.87. The highest BCUT2D eigenvalue weighted by molar-refractivity contribution is 6.76. The normalized spacial score (nSPS) is 18.5. The van der Waals surface area contributed by atoms with Gasteiger partial charge < -0.3 is 4.12 Å². The molecule has 0 N–H and O–H groups in total. The topological polar surface area (TPSA) is 9.23 Å². The molecular formula is C10H20OSi2. The molecule has 0 unspecified atom stereocenters. The molecular weight excluding hydrogens is 192 g/mol. The van der Waals surface area contributed by atoms with E-state index in [9.17, 15) is 0 Å². The zero-order valence-corrected chi connectivity index (χ0v) is 11.5. The maximum absolute atomic E-state index is 6.15. The largest absolute Gasteiger partial charge is 0.459 e. The van der Waals surface area contributed by atoms with E-state index < -0.39 is 8.32 Å². The molecule has 1 rings (SSSR count). The Hall–Kier alpha value is -0.126. The van der Waals surface area contributed by atoms with E-state index in [1.54, 1.807) is 0 Å². The van der Waals surface area contributed by atoms with Crippen LogP contribution in [-0.2, 0) is 4.12 Å². The van der Waals surface area contributed by atoms with Crippen LogP contribution in [0.1, 0.15) is 13.8 Å². The molecule has 0 heterocycles. The van der Waals surface area contributed by atoms with Crippen molar-refractivity contribution in [1.82, 2.24) is 0 Å². The Morgan fingerprint density at radius 1 is 1.23 bits per heavy atom. The molecule has 0 saturated heterocycles. The summed E-state index contributed by atoms with van der Waals surface area (Å²) in [7, 11) is -1.73. The summed E-state index contributed by atoms with van der Waals surface area (Å²) in [6.45, 7) is 9.21. The van der Waals surface area contributed by atoms with Crippen molar-refractivity contribution in [3.8, 4) is 0 Å². The van der Waals surface area contributed by atoms with Crippen LogP contribution in [-0.4, -0.2) is 18.1 Å². The fourth-order valence-electron chi connectivity index (χ4n) is 1.07. The zero-order valence-electron chi connectivity index (χ0n) is 9.08. The van der Waals surface area contributed by atoms with Crippen molar-refractivity contribution < 1.29 is 4.12 Å². The summed E-state index contributed by atoms with van der Waals surface area (Å²) in [6, 6.07) is 0. The van der Waals surface area contributed by atoms with Gasteiger partial charge in [-0.05, 0) is 18.6 Å². The maximum atomic E-state index is 6.15. The van der Waals surface area contributed by atoms with E-state index in [-0.39, 0.29) is 9.76 Å². The van der Waals surface area contributed by atoms with Gasteiger partial charge in [-0.1, -0.05) is 38.2 Å². The summed E-state index contributed by atoms with van der Waals surface area (Å²) in [6.07, 6.45) is 8.78. The van der Waals surface area contributed by atoms with E-state index in [1.807, 2.05) is 0 Å². The highest BCUT2D eigenvalue weighted by atomic mass is 28.4. The second-order valence-electron chi connectivity index (χ2n) is 4.50. The Kier molecular flexibility index (Phi) is 3.70. The van der Waals surface area contributed by atoms with Gasteiger partial charge in [0.05, 0.1) is 0 Å². The lowest BCUT2D eigenvalue weighted by Gasteiger charge is -2.28. The lowest BCUT2D eigenvalue weighted by atomic mass is 10.5. The van der Waals surface area contributed by atoms with E-state index in [0.29, 0.717) is 5.54 Å². The zero-order chi connectivity index (χ0) is 9.90. The fraction of sp³-hybridized carbons (Fsp3) is 0.600. The molecule has 0 aromatic heterocycles. The quantitative estimate of drug-likeness (QED) is 0.651. The van der Waals surface area contributed by atoms with E-state index in [1.165, 1.54) is 0 Å². The van der Waals surface area contributed by atoms with Gasteiger partial charge in [-0.3, -0.25) is 0 Å². The number of rotatable bonds is 4. The highest BCUT2D eigenvalue weighted by Gasteiger charge is 2.26. The third-order valence-corrected chi connectivity index (χ3v) is 10.2. The molecule has 0 atom stereocenters. The first kappa shape index (κ1) is 11.0. The van der Waals surface area contributed by atoms with Crippen LogP contribution in [0.5, 0.6) is 0 Å². The predicted molar refractivity (Wildman–Crippen MR) is 64.2 cm³/mol. The van der Waals surface area contributed by atoms with Crippen molar-refractivity contribution in [2.24, 2.45) is 0 Å². The van der Waals surface area contributed by atoms with E-state index in [4.69, 9.17) is 4.12 Å². The molecule has 3 heteroatoms. The summed E-state index contributed by atoms with van der Waals surface area (Å²) in [5.74, 6) is 0. The predicted octanol–water partition coefficient (Wildman–Crippen LogP) is 2.62. The Morgan fingerprint density at radius 3 is 2.23 bits per heavy atom. The Labute approximate surface area is 85.0 Å². The smallest absolute Gasteiger partial charge is 0.175 e. The SMILES string of the molecule is CC(C)[Si](C)(C)O[SiH2]C1C=CC=C1. The first-order valence-corrected chi connectivity index (χ1v) is 9.39. The van der Waals surface area contributed by atoms with E-state index in [2.05, 4.69) is 51.2 Å². The molecule has 0 amide bonds. The number of hydrogen-bond acceptors (Lipinski definition) is 1. The van der Waals surface area contributed by atoms with E-state index >= 15 is 0 Å². The van der Waals surface area contributed by atoms with Crippen molar-refractivity contribution >= 4 is 18.1 Å². The maximum Gasteiger partial charge on any atom is 0.175 e. The molecule has 0 saturated carbocycles. The monoisotopic (exact) mass is 212 g/mol. The average molecular weight is 212 g/mol. The van der Waals surface area contributed by atoms with Crippen molar-refractivity contribution in [1.29, 1.82) is 0 Å². The van der Waals surface area contributed by atoms with Gasteiger partial charge in [-0.15, -0.1) is 0 Å². The Bertz CT molecular complexity index is 207. The molecule has 0 aromatic rings. The average Bonchev–Trinajstić information content (AvgIpc) is 2.52. The highest BCUT2D eigenvalue weighted by Crippen LogP contribution is 2.23. The number of allylic oxidation sites excluding steroid dienone is 4. The number of hydrogen-bond donors (Lipinski definition) is 0. The second-order valence-corrected chi connectivity index (χ2v) is 11.3. The Balaban J connectivity index is 2.33. The summed E-state index contributed by atoms with van der Waals surface area (Å²) in [5.41, 5.74) is 1.39. The minimum absolute atomic E-state index is 0.371. The first-order chi connectivity index (χ1) is 6.02. The van der Waals surface area contributed by atoms with E-state index in [0.717, 1.165) is 5.54 Å². The van der Waals surface area contributed by atoms with Crippen molar-refractivity contribution in [3.05, 3.63) is 24.3 Å². The molecule has 0 bridgehead atoms. The van der Waals surface area contributed by atoms with Crippen molar-refractivity contribution in [3.63, 3.8) is 0 Å². The van der Waals surface area contributed by atoms with Gasteiger partial charge >= 0.3 is 0 Å². The molecule has 1 aliphatic rings. The minimum atomic E-state index is -1.35. The van der Waals surface area contributed by atoms with Crippen LogP contribution in [0.4, 0.5) is 0 Å². The van der Waals surface area contributed by atoms with Gasteiger partial charge in [0.25, 0.3) is 0 Å². The van der Waals surface area contributed by atoms with Crippen LogP contribution in [0, 0.1) is 0 Å². The van der Waals surface area contributed by atoms with Crippen LogP contribution >= 0.6 is 0 Å². The summed E-state index contributed by atoms with van der Waals surface area (Å²) in [4.78, 5) is 0. The Morgan fingerprint density at radius 2 is 1.77 bits per heavy atom. The molecule has 74 valence electrons. The second kappa shape index (κ2) is 4.39. The lowest BCUT2D eigenvalue weighted by Crippen LogP contribution is -2.36. The summed E-state index contributed by atoms with van der Waals surface area (Å²) in [5, 5.41) is 0. The lowest BCUT2D eigenvalue weighted by molar-refractivity contribution is 0.564. The van der Waals surface area contributed by atoms with Crippen LogP contribution in [0.2, 0.25) is 24.2 Å². The third kappa shape index (κ3) is 3.25. The van der Waals surface area contributed by atoms with Gasteiger partial charge in [0.2, 0.25) is 0 Å². The van der Waals surface area contributed by atoms with Crippen molar-refractivity contribution in [2.45, 2.75) is 38.0 Å². The standard InChI is InChI=1S/C10H20OSi2/c1-9(2)13(3,4)11-12-10-7-5-6-8-10/h5-10H,12H2,1-4H3. The molecule has 13 heavy (non-hydrogen) atoms. The van der Waals surface area contributed by atoms with Crippen LogP contribution in [0.25, 0.3) is 0 Å². The molecule has 0 spiro atoms. The van der Waals surface area contributed by atoms with Gasteiger partial charge in [0, 0.05) is 5.54 Å². The van der Waals surface area contributed by atoms with Gasteiger partial charge in [-0.2, -0.15) is 0 Å². The summed E-state index contributed by atoms with van der Waals surface area (Å²) >= 11 is 0. The first-order valence-electron chi connectivity index (χ1n) is 5.01. The van der Waals surface area contributed by atoms with Gasteiger partial charge in [0.15, 0.2) is 18.1 Å². The van der Waals surface area contributed by atoms with Crippen molar-refractivity contribution in [2.75, 3.05) is 0 Å². The molecule has 0 fully saturated rings. The van der Waals surface area contributed by atoms with Gasteiger partial charge in [0.1, 0.15) is 0 Å². The molecule has 0 aliphatic heterocycles. The van der Waals surface area contributed by atoms with Crippen LogP contribution < -0.4 is 0 Å². The molecule has 0 aromatic carbocycles. The molecule has 0 radical (unpaired) electrons. The summed E-state index contributed by atoms with van der Waals surface area (Å²) < 4.78 is 6.15. The van der Waals surface area contributed by atoms with Crippen LogP contribution in [0.15, 0.2) is 24.3 Å².